The minimum absolute atomic E-state index is 0.131. The first-order valence-electron chi connectivity index (χ1n) is 8.01. The van der Waals surface area contributed by atoms with Crippen molar-refractivity contribution < 1.29 is 22.0 Å². The fraction of sp³-hybridized carbons (Fsp3) is 0.105. The third-order valence-electron chi connectivity index (χ3n) is 4.28. The van der Waals surface area contributed by atoms with Crippen LogP contribution < -0.4 is 0 Å². The van der Waals surface area contributed by atoms with Crippen LogP contribution >= 0.6 is 0 Å². The molecule has 3 aromatic rings. The second kappa shape index (κ2) is 6.53. The Kier molecular flexibility index (Phi) is 4.18. The van der Waals surface area contributed by atoms with Gasteiger partial charge in [-0.05, 0) is 24.3 Å². The van der Waals surface area contributed by atoms with Crippen molar-refractivity contribution in [1.29, 1.82) is 0 Å². The Balaban J connectivity index is 1.61. The van der Waals surface area contributed by atoms with Crippen LogP contribution in [0.3, 0.4) is 0 Å². The number of nitrogens with zero attached hydrogens (tertiary/aromatic N) is 2. The molecule has 0 atom stereocenters. The van der Waals surface area contributed by atoms with Gasteiger partial charge in [-0.15, -0.1) is 0 Å². The third kappa shape index (κ3) is 3.18. The number of benzene rings is 2. The molecule has 1 aromatic heterocycles. The van der Waals surface area contributed by atoms with Gasteiger partial charge in [-0.3, -0.25) is 0 Å². The van der Waals surface area contributed by atoms with Gasteiger partial charge < -0.3 is 9.88 Å². The highest BCUT2D eigenvalue weighted by Gasteiger charge is 2.22. The van der Waals surface area contributed by atoms with Gasteiger partial charge >= 0.3 is 0 Å². The molecule has 0 fully saturated rings. The quantitative estimate of drug-likeness (QED) is 0.527. The minimum atomic E-state index is -1.32. The number of nitrogens with one attached hydrogen (secondary N) is 1. The number of hydrogen-bond donors (Lipinski definition) is 1. The number of fused-ring (bicyclic) bond motifs is 1. The molecule has 0 aliphatic carbocycles. The number of hydrogen-bond acceptors (Lipinski definition) is 2. The van der Waals surface area contributed by atoms with Crippen LogP contribution in [0.5, 0.6) is 0 Å². The zero-order chi connectivity index (χ0) is 19.1. The molecule has 0 spiro atoms. The summed E-state index contributed by atoms with van der Waals surface area (Å²) in [7, 11) is 0. The molecule has 2 aromatic carbocycles. The second-order valence-electron chi connectivity index (χ2n) is 6.12. The fourth-order valence-electron chi connectivity index (χ4n) is 2.95. The molecule has 3 nitrogen and oxygen atoms in total. The van der Waals surface area contributed by atoms with Gasteiger partial charge in [-0.25, -0.2) is 26.9 Å². The Morgan fingerprint density at radius 3 is 2.52 bits per heavy atom. The van der Waals surface area contributed by atoms with E-state index >= 15 is 0 Å². The van der Waals surface area contributed by atoms with Crippen LogP contribution in [0.1, 0.15) is 17.0 Å². The molecular formula is C19H12F5N3. The molecule has 0 bridgehead atoms. The highest BCUT2D eigenvalue weighted by Crippen LogP contribution is 2.29. The largest absolute Gasteiger partial charge is 0.367 e. The van der Waals surface area contributed by atoms with Crippen LogP contribution in [0.25, 0.3) is 17.5 Å². The first-order chi connectivity index (χ1) is 12.9. The maximum Gasteiger partial charge on any atom is 0.172 e. The van der Waals surface area contributed by atoms with Crippen LogP contribution in [-0.4, -0.2) is 14.9 Å². The van der Waals surface area contributed by atoms with Gasteiger partial charge in [0.05, 0.1) is 23.5 Å². The molecule has 2 heterocycles. The number of imidazole rings is 1. The van der Waals surface area contributed by atoms with E-state index < -0.39 is 34.6 Å². The number of H-pyrrole nitrogens is 1. The van der Waals surface area contributed by atoms with Gasteiger partial charge in [0.1, 0.15) is 23.3 Å². The summed E-state index contributed by atoms with van der Waals surface area (Å²) in [5.41, 5.74) is 0.711. The van der Waals surface area contributed by atoms with E-state index in [1.807, 2.05) is 0 Å². The molecule has 0 radical (unpaired) electrons. The standard InChI is InChI=1S/C19H12F5N3/c20-11-2-1-10(14(23)7-11)8-27-6-5-15-16(9-27)26-19(25-15)17-12(21)3-4-13(22)18(17)24/h1-7H,8-9H2,(H,25,26). The zero-order valence-corrected chi connectivity index (χ0v) is 13.7. The lowest BCUT2D eigenvalue weighted by molar-refractivity contribution is 0.348. The smallest absolute Gasteiger partial charge is 0.172 e. The van der Waals surface area contributed by atoms with Crippen molar-refractivity contribution in [2.45, 2.75) is 13.1 Å². The van der Waals surface area contributed by atoms with Crippen LogP contribution in [0, 0.1) is 29.1 Å². The second-order valence-corrected chi connectivity index (χ2v) is 6.12. The summed E-state index contributed by atoms with van der Waals surface area (Å²) in [5, 5.41) is 0. The van der Waals surface area contributed by atoms with E-state index in [2.05, 4.69) is 9.97 Å². The van der Waals surface area contributed by atoms with E-state index in [-0.39, 0.29) is 18.9 Å². The number of aromatic amines is 1. The topological polar surface area (TPSA) is 31.9 Å². The zero-order valence-electron chi connectivity index (χ0n) is 13.7. The first-order valence-corrected chi connectivity index (χ1v) is 8.01. The molecule has 0 unspecified atom stereocenters. The summed E-state index contributed by atoms with van der Waals surface area (Å²) in [6.45, 7) is 0.424. The molecule has 27 heavy (non-hydrogen) atoms. The predicted octanol–water partition coefficient (Wildman–Crippen LogP) is 4.76. The van der Waals surface area contributed by atoms with Gasteiger partial charge in [0.2, 0.25) is 0 Å². The average molecular weight is 377 g/mol. The highest BCUT2D eigenvalue weighted by molar-refractivity contribution is 5.62. The van der Waals surface area contributed by atoms with E-state index in [0.717, 1.165) is 12.1 Å². The monoisotopic (exact) mass is 377 g/mol. The SMILES string of the molecule is Fc1ccc(CN2C=Cc3nc(-c4c(F)ccc(F)c4F)[nH]c3C2)c(F)c1. The maximum atomic E-state index is 14.0. The molecule has 0 saturated carbocycles. The molecule has 0 saturated heterocycles. The van der Waals surface area contributed by atoms with Crippen LogP contribution in [-0.2, 0) is 13.1 Å². The number of rotatable bonds is 3. The molecule has 4 rings (SSSR count). The highest BCUT2D eigenvalue weighted by atomic mass is 19.2. The van der Waals surface area contributed by atoms with Gasteiger partial charge in [0, 0.05) is 24.4 Å². The van der Waals surface area contributed by atoms with Crippen molar-refractivity contribution in [3.63, 3.8) is 0 Å². The van der Waals surface area contributed by atoms with E-state index in [1.165, 1.54) is 12.1 Å². The van der Waals surface area contributed by atoms with Gasteiger partial charge in [0.15, 0.2) is 11.6 Å². The minimum Gasteiger partial charge on any atom is -0.367 e. The molecule has 1 aliphatic rings. The van der Waals surface area contributed by atoms with Crippen molar-refractivity contribution >= 4 is 6.08 Å². The van der Waals surface area contributed by atoms with E-state index in [4.69, 9.17) is 0 Å². The molecular weight excluding hydrogens is 365 g/mol. The molecule has 138 valence electrons. The number of aromatic nitrogens is 2. The summed E-state index contributed by atoms with van der Waals surface area (Å²) < 4.78 is 68.2. The lowest BCUT2D eigenvalue weighted by Crippen LogP contribution is -2.20. The van der Waals surface area contributed by atoms with Gasteiger partial charge in [-0.2, -0.15) is 0 Å². The van der Waals surface area contributed by atoms with Crippen LogP contribution in [0.2, 0.25) is 0 Å². The van der Waals surface area contributed by atoms with Crippen molar-refractivity contribution in [3.8, 4) is 11.4 Å². The lowest BCUT2D eigenvalue weighted by atomic mass is 10.1. The van der Waals surface area contributed by atoms with Crippen molar-refractivity contribution in [2.24, 2.45) is 0 Å². The van der Waals surface area contributed by atoms with E-state index in [0.29, 0.717) is 23.0 Å². The van der Waals surface area contributed by atoms with Crippen LogP contribution in [0.4, 0.5) is 22.0 Å². The predicted molar refractivity (Wildman–Crippen MR) is 88.5 cm³/mol. The Hall–Kier alpha value is -3.16. The molecule has 1 aliphatic heterocycles. The van der Waals surface area contributed by atoms with Crippen molar-refractivity contribution in [1.82, 2.24) is 14.9 Å². The van der Waals surface area contributed by atoms with Crippen molar-refractivity contribution in [3.05, 3.63) is 82.6 Å². The Bertz CT molecular complexity index is 1060. The average Bonchev–Trinajstić information content (AvgIpc) is 3.04. The molecule has 0 amide bonds. The summed E-state index contributed by atoms with van der Waals surface area (Å²) in [5.74, 6) is -4.89. The fourth-order valence-corrected chi connectivity index (χ4v) is 2.95. The van der Waals surface area contributed by atoms with E-state index in [9.17, 15) is 22.0 Å². The normalized spacial score (nSPS) is 13.1. The molecule has 1 N–H and O–H groups in total. The van der Waals surface area contributed by atoms with E-state index in [1.54, 1.807) is 17.2 Å². The summed E-state index contributed by atoms with van der Waals surface area (Å²) in [4.78, 5) is 8.63. The number of halogens is 5. The van der Waals surface area contributed by atoms with Crippen LogP contribution in [0.15, 0.2) is 36.5 Å². The molecule has 8 heteroatoms. The summed E-state index contributed by atoms with van der Waals surface area (Å²) in [6, 6.07) is 4.86. The van der Waals surface area contributed by atoms with Crippen molar-refractivity contribution in [2.75, 3.05) is 0 Å². The Labute approximate surface area is 150 Å². The van der Waals surface area contributed by atoms with Gasteiger partial charge in [-0.1, -0.05) is 6.07 Å². The Morgan fingerprint density at radius 2 is 1.74 bits per heavy atom. The summed E-state index contributed by atoms with van der Waals surface area (Å²) in [6.07, 6.45) is 3.24. The lowest BCUT2D eigenvalue weighted by Gasteiger charge is -2.23. The maximum absolute atomic E-state index is 14.0. The first kappa shape index (κ1) is 17.3. The third-order valence-corrected chi connectivity index (χ3v) is 4.28. The Morgan fingerprint density at radius 1 is 0.963 bits per heavy atom. The van der Waals surface area contributed by atoms with Gasteiger partial charge in [0.25, 0.3) is 0 Å². The summed E-state index contributed by atoms with van der Waals surface area (Å²) >= 11 is 0.